The lowest BCUT2D eigenvalue weighted by molar-refractivity contribution is 1.18. The smallest absolute Gasteiger partial charge is 0.160 e. The van der Waals surface area contributed by atoms with Crippen molar-refractivity contribution in [1.82, 2.24) is 24.9 Å². The molecule has 0 atom stereocenters. The summed E-state index contributed by atoms with van der Waals surface area (Å²) in [6.45, 7) is 4.18. The summed E-state index contributed by atoms with van der Waals surface area (Å²) in [5, 5.41) is 4.50. The molecule has 6 aromatic carbocycles. The first-order valence-electron chi connectivity index (χ1n) is 18.8. The van der Waals surface area contributed by atoms with Crippen LogP contribution in [-0.2, 0) is 0 Å². The van der Waals surface area contributed by atoms with Crippen LogP contribution in [-0.4, -0.2) is 24.9 Å². The van der Waals surface area contributed by atoms with Gasteiger partial charge in [-0.1, -0.05) is 121 Å². The van der Waals surface area contributed by atoms with Crippen LogP contribution < -0.4 is 0 Å². The zero-order valence-corrected chi connectivity index (χ0v) is 31.0. The van der Waals surface area contributed by atoms with Gasteiger partial charge in [-0.3, -0.25) is 9.97 Å². The predicted octanol–water partition coefficient (Wildman–Crippen LogP) is 12.7. The minimum absolute atomic E-state index is 0.682. The van der Waals surface area contributed by atoms with E-state index in [-0.39, 0.29) is 0 Å². The molecule has 0 N–H and O–H groups in total. The van der Waals surface area contributed by atoms with Crippen molar-refractivity contribution in [2.45, 2.75) is 13.8 Å². The van der Waals surface area contributed by atoms with Crippen LogP contribution in [0.2, 0.25) is 0 Å². The van der Waals surface area contributed by atoms with Crippen LogP contribution in [0, 0.1) is 13.8 Å². The van der Waals surface area contributed by atoms with Gasteiger partial charge >= 0.3 is 0 Å². The van der Waals surface area contributed by atoms with E-state index >= 15 is 0 Å². The van der Waals surface area contributed by atoms with Crippen LogP contribution in [0.3, 0.4) is 0 Å². The molecule has 0 aliphatic rings. The molecule has 0 amide bonds. The maximum atomic E-state index is 5.21. The summed E-state index contributed by atoms with van der Waals surface area (Å²) in [7, 11) is 0. The number of nitrogens with zero attached hydrogens (tertiary/aromatic N) is 5. The van der Waals surface area contributed by atoms with Crippen molar-refractivity contribution < 1.29 is 0 Å². The average Bonchev–Trinajstić information content (AvgIpc) is 3.26. The Balaban J connectivity index is 1.06. The summed E-state index contributed by atoms with van der Waals surface area (Å²) in [5.74, 6) is 0.682. The third kappa shape index (κ3) is 6.15. The summed E-state index contributed by atoms with van der Waals surface area (Å²) in [5.41, 5.74) is 15.2. The van der Waals surface area contributed by atoms with Crippen molar-refractivity contribution in [3.05, 3.63) is 187 Å². The number of hydrogen-bond acceptors (Lipinski definition) is 5. The van der Waals surface area contributed by atoms with E-state index in [1.165, 1.54) is 10.9 Å². The van der Waals surface area contributed by atoms with Crippen LogP contribution in [0.1, 0.15) is 11.3 Å². The standard InChI is InChI=1S/C51H35N5/c1-32-26-46(54-50-43(32)23-22-34-21-20-33(2)53-49(34)50)39-15-6-12-36(27-39)37-13-7-16-40(28-37)47-30-48(56-51(55-47)35-10-4-3-5-11-35)41-17-8-14-38(29-41)44-19-9-18-42-31-52-25-24-45(42)44/h3-31H,1-2H3. The third-order valence-electron chi connectivity index (χ3n) is 10.5. The molecule has 0 bridgehead atoms. The second-order valence-electron chi connectivity index (χ2n) is 14.3. The fourth-order valence-corrected chi connectivity index (χ4v) is 7.68. The van der Waals surface area contributed by atoms with Gasteiger partial charge in [0, 0.05) is 56.5 Å². The number of rotatable bonds is 6. The summed E-state index contributed by atoms with van der Waals surface area (Å²) < 4.78 is 0. The van der Waals surface area contributed by atoms with E-state index < -0.39 is 0 Å². The number of benzene rings is 6. The Morgan fingerprint density at radius 2 is 0.982 bits per heavy atom. The highest BCUT2D eigenvalue weighted by atomic mass is 14.9. The fraction of sp³-hybridized carbons (Fsp3) is 0.0392. The summed E-state index contributed by atoms with van der Waals surface area (Å²) in [6, 6.07) is 57.3. The molecule has 4 aromatic heterocycles. The van der Waals surface area contributed by atoms with Crippen molar-refractivity contribution in [1.29, 1.82) is 0 Å². The van der Waals surface area contributed by atoms with Gasteiger partial charge in [0.1, 0.15) is 0 Å². The van der Waals surface area contributed by atoms with Gasteiger partial charge in [-0.25, -0.2) is 15.0 Å². The number of hydrogen-bond donors (Lipinski definition) is 0. The molecule has 0 unspecified atom stereocenters. The van der Waals surface area contributed by atoms with Gasteiger partial charge in [0.2, 0.25) is 0 Å². The first-order valence-corrected chi connectivity index (χ1v) is 18.8. The molecule has 56 heavy (non-hydrogen) atoms. The van der Waals surface area contributed by atoms with Crippen LogP contribution >= 0.6 is 0 Å². The molecule has 0 saturated carbocycles. The summed E-state index contributed by atoms with van der Waals surface area (Å²) in [4.78, 5) is 24.7. The molecule has 5 nitrogen and oxygen atoms in total. The van der Waals surface area contributed by atoms with Crippen LogP contribution in [0.25, 0.3) is 100.0 Å². The molecule has 0 saturated heterocycles. The largest absolute Gasteiger partial charge is 0.264 e. The number of aryl methyl sites for hydroxylation is 2. The molecule has 0 radical (unpaired) electrons. The summed E-state index contributed by atoms with van der Waals surface area (Å²) in [6.07, 6.45) is 3.77. The van der Waals surface area contributed by atoms with Gasteiger partial charge in [-0.15, -0.1) is 0 Å². The van der Waals surface area contributed by atoms with E-state index in [1.807, 2.05) is 37.5 Å². The lowest BCUT2D eigenvalue weighted by Crippen LogP contribution is -1.96. The predicted molar refractivity (Wildman–Crippen MR) is 230 cm³/mol. The minimum Gasteiger partial charge on any atom is -0.264 e. The highest BCUT2D eigenvalue weighted by Gasteiger charge is 2.15. The third-order valence-corrected chi connectivity index (χ3v) is 10.5. The Kier molecular flexibility index (Phi) is 8.19. The maximum absolute atomic E-state index is 5.21. The molecular weight excluding hydrogens is 683 g/mol. The van der Waals surface area contributed by atoms with E-state index in [0.29, 0.717) is 5.82 Å². The van der Waals surface area contributed by atoms with Gasteiger partial charge in [0.25, 0.3) is 0 Å². The molecular formula is C51H35N5. The van der Waals surface area contributed by atoms with Gasteiger partial charge in [0.15, 0.2) is 5.82 Å². The molecule has 0 aliphatic carbocycles. The van der Waals surface area contributed by atoms with Crippen molar-refractivity contribution in [3.8, 4) is 67.4 Å². The first kappa shape index (κ1) is 33.2. The molecule has 5 heteroatoms. The molecule has 4 heterocycles. The van der Waals surface area contributed by atoms with E-state index in [9.17, 15) is 0 Å². The van der Waals surface area contributed by atoms with Crippen molar-refractivity contribution in [2.24, 2.45) is 0 Å². The quantitative estimate of drug-likeness (QED) is 0.160. The molecule has 0 aliphatic heterocycles. The van der Waals surface area contributed by atoms with E-state index in [4.69, 9.17) is 19.9 Å². The maximum Gasteiger partial charge on any atom is 0.160 e. The zero-order valence-electron chi connectivity index (χ0n) is 31.0. The molecule has 264 valence electrons. The van der Waals surface area contributed by atoms with Crippen LogP contribution in [0.4, 0.5) is 0 Å². The minimum atomic E-state index is 0.682. The molecule has 0 spiro atoms. The van der Waals surface area contributed by atoms with Gasteiger partial charge in [0.05, 0.1) is 28.1 Å². The Bertz CT molecular complexity index is 3110. The Morgan fingerprint density at radius 1 is 0.375 bits per heavy atom. The van der Waals surface area contributed by atoms with Crippen molar-refractivity contribution in [2.75, 3.05) is 0 Å². The summed E-state index contributed by atoms with van der Waals surface area (Å²) >= 11 is 0. The lowest BCUT2D eigenvalue weighted by Gasteiger charge is -2.13. The van der Waals surface area contributed by atoms with Gasteiger partial charge in [-0.05, 0) is 89.5 Å². The Labute approximate surface area is 325 Å². The number of aromatic nitrogens is 5. The fourth-order valence-electron chi connectivity index (χ4n) is 7.68. The zero-order chi connectivity index (χ0) is 37.6. The van der Waals surface area contributed by atoms with Crippen LogP contribution in [0.5, 0.6) is 0 Å². The normalized spacial score (nSPS) is 11.4. The van der Waals surface area contributed by atoms with Crippen molar-refractivity contribution >= 4 is 32.6 Å². The topological polar surface area (TPSA) is 64.5 Å². The average molecular weight is 718 g/mol. The van der Waals surface area contributed by atoms with Crippen molar-refractivity contribution in [3.63, 3.8) is 0 Å². The Hall–Kier alpha value is -7.37. The van der Waals surface area contributed by atoms with E-state index in [2.05, 4.69) is 158 Å². The highest BCUT2D eigenvalue weighted by molar-refractivity contribution is 6.05. The highest BCUT2D eigenvalue weighted by Crippen LogP contribution is 2.35. The number of pyridine rings is 3. The van der Waals surface area contributed by atoms with E-state index in [1.54, 1.807) is 0 Å². The SMILES string of the molecule is Cc1ccc2ccc3c(C)cc(-c4cccc(-c5cccc(-c6cc(-c7cccc(-c8cccc9cnccc89)c7)nc(-c7ccccc7)n6)c5)c4)nc3c2n1. The Morgan fingerprint density at radius 3 is 1.71 bits per heavy atom. The second-order valence-corrected chi connectivity index (χ2v) is 14.3. The molecule has 0 fully saturated rings. The first-order chi connectivity index (χ1) is 27.5. The van der Waals surface area contributed by atoms with Gasteiger partial charge in [-0.2, -0.15) is 0 Å². The molecule has 10 rings (SSSR count). The van der Waals surface area contributed by atoms with E-state index in [0.717, 1.165) is 94.5 Å². The monoisotopic (exact) mass is 717 g/mol. The lowest BCUT2D eigenvalue weighted by atomic mass is 9.96. The molecule has 10 aromatic rings. The second kappa shape index (κ2) is 13.8. The number of fused-ring (bicyclic) bond motifs is 4. The van der Waals surface area contributed by atoms with Crippen LogP contribution in [0.15, 0.2) is 176 Å². The van der Waals surface area contributed by atoms with Gasteiger partial charge < -0.3 is 0 Å².